The van der Waals surface area contributed by atoms with Gasteiger partial charge >= 0.3 is 0 Å². The summed E-state index contributed by atoms with van der Waals surface area (Å²) in [6.45, 7) is 6.81. The van der Waals surface area contributed by atoms with Crippen LogP contribution in [0.1, 0.15) is 36.5 Å². The van der Waals surface area contributed by atoms with Crippen LogP contribution in [0.4, 0.5) is 0 Å². The molecule has 29 heavy (non-hydrogen) atoms. The lowest BCUT2D eigenvalue weighted by molar-refractivity contribution is 0.0786. The Morgan fingerprint density at radius 3 is 2.86 bits per heavy atom. The van der Waals surface area contributed by atoms with Gasteiger partial charge in [0, 0.05) is 44.5 Å². The topological polar surface area (TPSA) is 73.1 Å². The molecule has 1 aliphatic heterocycles. The fourth-order valence-corrected chi connectivity index (χ4v) is 3.97. The van der Waals surface area contributed by atoms with Crippen LogP contribution in [0.3, 0.4) is 0 Å². The molecule has 4 rings (SSSR count). The molecule has 7 heteroatoms. The average Bonchev–Trinajstić information content (AvgIpc) is 3.33. The highest BCUT2D eigenvalue weighted by Gasteiger charge is 2.29. The fourth-order valence-electron chi connectivity index (χ4n) is 3.97. The quantitative estimate of drug-likeness (QED) is 0.643. The first-order valence-electron chi connectivity index (χ1n) is 10.1. The molecule has 1 atom stereocenters. The van der Waals surface area contributed by atoms with Crippen LogP contribution in [0.2, 0.25) is 0 Å². The van der Waals surface area contributed by atoms with Gasteiger partial charge in [-0.05, 0) is 36.5 Å². The van der Waals surface area contributed by atoms with E-state index in [9.17, 15) is 4.79 Å². The summed E-state index contributed by atoms with van der Waals surface area (Å²) in [6, 6.07) is 7.44. The zero-order chi connectivity index (χ0) is 20.4. The maximum atomic E-state index is 12.8. The normalized spacial score (nSPS) is 16.7. The largest absolute Gasteiger partial charge is 0.481 e. The molecule has 0 aromatic carbocycles. The molecule has 0 spiro atoms. The van der Waals surface area contributed by atoms with Crippen LogP contribution in [0.15, 0.2) is 36.7 Å². The number of pyridine rings is 2. The number of aromatic nitrogens is 4. The molecule has 0 bridgehead atoms. The minimum absolute atomic E-state index is 0.0278. The molecule has 0 saturated carbocycles. The molecule has 7 nitrogen and oxygen atoms in total. The molecule has 152 valence electrons. The monoisotopic (exact) mass is 393 g/mol. The molecular weight excluding hydrogens is 366 g/mol. The molecule has 3 aromatic heterocycles. The lowest BCUT2D eigenvalue weighted by Gasteiger charge is -2.17. The number of hydrogen-bond donors (Lipinski definition) is 0. The van der Waals surface area contributed by atoms with Crippen molar-refractivity contribution in [3.63, 3.8) is 0 Å². The van der Waals surface area contributed by atoms with Crippen molar-refractivity contribution in [3.05, 3.63) is 48.0 Å². The predicted molar refractivity (Wildman–Crippen MR) is 111 cm³/mol. The third-order valence-corrected chi connectivity index (χ3v) is 5.37. The minimum Gasteiger partial charge on any atom is -0.481 e. The fraction of sp³-hybridized carbons (Fsp3) is 0.455. The Hall–Kier alpha value is -2.96. The van der Waals surface area contributed by atoms with Gasteiger partial charge in [-0.2, -0.15) is 0 Å². The molecule has 1 unspecified atom stereocenters. The Morgan fingerprint density at radius 2 is 2.14 bits per heavy atom. The second-order valence-electron chi connectivity index (χ2n) is 8.08. The van der Waals surface area contributed by atoms with Gasteiger partial charge in [-0.3, -0.25) is 4.79 Å². The maximum Gasteiger partial charge on any atom is 0.255 e. The van der Waals surface area contributed by atoms with Crippen LogP contribution in [0.25, 0.3) is 11.2 Å². The molecule has 0 N–H and O–H groups in total. The highest BCUT2D eigenvalue weighted by Crippen LogP contribution is 2.25. The van der Waals surface area contributed by atoms with Crippen molar-refractivity contribution >= 4 is 17.1 Å². The molecule has 1 saturated heterocycles. The van der Waals surface area contributed by atoms with Gasteiger partial charge in [0.25, 0.3) is 5.91 Å². The number of likely N-dealkylation sites (tertiary alicyclic amines) is 1. The van der Waals surface area contributed by atoms with Gasteiger partial charge in [0.05, 0.1) is 12.7 Å². The van der Waals surface area contributed by atoms with Crippen LogP contribution < -0.4 is 4.74 Å². The number of hydrogen-bond acceptors (Lipinski definition) is 5. The molecule has 0 radical (unpaired) electrons. The van der Waals surface area contributed by atoms with E-state index in [-0.39, 0.29) is 5.91 Å². The number of methoxy groups -OCH3 is 1. The summed E-state index contributed by atoms with van der Waals surface area (Å²) >= 11 is 0. The Bertz CT molecular complexity index is 996. The van der Waals surface area contributed by atoms with Crippen molar-refractivity contribution in [2.24, 2.45) is 11.8 Å². The van der Waals surface area contributed by atoms with E-state index < -0.39 is 0 Å². The molecule has 0 aliphatic carbocycles. The van der Waals surface area contributed by atoms with E-state index in [1.807, 2.05) is 23.2 Å². The summed E-state index contributed by atoms with van der Waals surface area (Å²) in [5.74, 6) is 2.52. The Labute approximate surface area is 170 Å². The molecule has 1 fully saturated rings. The summed E-state index contributed by atoms with van der Waals surface area (Å²) in [7, 11) is 1.57. The van der Waals surface area contributed by atoms with Gasteiger partial charge in [-0.1, -0.05) is 13.8 Å². The van der Waals surface area contributed by atoms with Crippen LogP contribution in [0, 0.1) is 11.8 Å². The summed E-state index contributed by atoms with van der Waals surface area (Å²) in [5.41, 5.74) is 2.49. The lowest BCUT2D eigenvalue weighted by Crippen LogP contribution is -2.29. The van der Waals surface area contributed by atoms with Gasteiger partial charge in [-0.15, -0.1) is 0 Å². The highest BCUT2D eigenvalue weighted by atomic mass is 16.5. The van der Waals surface area contributed by atoms with Gasteiger partial charge in [0.15, 0.2) is 5.65 Å². The lowest BCUT2D eigenvalue weighted by atomic mass is 10.0. The second-order valence-corrected chi connectivity index (χ2v) is 8.08. The van der Waals surface area contributed by atoms with Crippen LogP contribution in [0.5, 0.6) is 5.88 Å². The van der Waals surface area contributed by atoms with Crippen molar-refractivity contribution in [3.8, 4) is 5.88 Å². The van der Waals surface area contributed by atoms with E-state index in [1.54, 1.807) is 25.4 Å². The number of amides is 1. The summed E-state index contributed by atoms with van der Waals surface area (Å²) in [4.78, 5) is 28.3. The van der Waals surface area contributed by atoms with Crippen LogP contribution in [-0.2, 0) is 13.0 Å². The second kappa shape index (κ2) is 8.19. The molecular formula is C22H27N5O2. The first-order chi connectivity index (χ1) is 14.0. The van der Waals surface area contributed by atoms with E-state index in [0.29, 0.717) is 23.3 Å². The van der Waals surface area contributed by atoms with Crippen LogP contribution in [-0.4, -0.2) is 50.5 Å². The SMILES string of the molecule is COc1ccc(C(=O)N2CCC(Cc3nc4cccnc4n3CC(C)C)C2)cn1. The Morgan fingerprint density at radius 1 is 1.28 bits per heavy atom. The number of carbonyl (C=O) groups excluding carboxylic acids is 1. The van der Waals surface area contributed by atoms with E-state index >= 15 is 0 Å². The van der Waals surface area contributed by atoms with Crippen molar-refractivity contribution in [2.45, 2.75) is 33.2 Å². The maximum absolute atomic E-state index is 12.8. The number of fused-ring (bicyclic) bond motifs is 1. The van der Waals surface area contributed by atoms with E-state index in [2.05, 4.69) is 28.4 Å². The summed E-state index contributed by atoms with van der Waals surface area (Å²) in [6.07, 6.45) is 5.24. The number of nitrogens with zero attached hydrogens (tertiary/aromatic N) is 5. The predicted octanol–water partition coefficient (Wildman–Crippen LogP) is 3.20. The number of rotatable bonds is 6. The molecule has 3 aromatic rings. The van der Waals surface area contributed by atoms with Crippen molar-refractivity contribution in [2.75, 3.05) is 20.2 Å². The summed E-state index contributed by atoms with van der Waals surface area (Å²) in [5, 5.41) is 0. The smallest absolute Gasteiger partial charge is 0.255 e. The van der Waals surface area contributed by atoms with Gasteiger partial charge in [0.1, 0.15) is 11.3 Å². The summed E-state index contributed by atoms with van der Waals surface area (Å²) < 4.78 is 7.32. The van der Waals surface area contributed by atoms with Gasteiger partial charge in [-0.25, -0.2) is 15.0 Å². The standard InChI is InChI=1S/C22H27N5O2/c1-15(2)13-27-19(25-18-5-4-9-23-21(18)27)11-16-8-10-26(14-16)22(28)17-6-7-20(29-3)24-12-17/h4-7,9,12,15-16H,8,10-11,13-14H2,1-3H3. The van der Waals surface area contributed by atoms with E-state index in [0.717, 1.165) is 49.5 Å². The van der Waals surface area contributed by atoms with Gasteiger partial charge in [0.2, 0.25) is 5.88 Å². The van der Waals surface area contributed by atoms with Crippen molar-refractivity contribution in [1.82, 2.24) is 24.4 Å². The van der Waals surface area contributed by atoms with Crippen molar-refractivity contribution < 1.29 is 9.53 Å². The number of carbonyl (C=O) groups is 1. The zero-order valence-electron chi connectivity index (χ0n) is 17.2. The first kappa shape index (κ1) is 19.4. The molecule has 1 aliphatic rings. The Kier molecular flexibility index (Phi) is 5.47. The van der Waals surface area contributed by atoms with E-state index in [4.69, 9.17) is 9.72 Å². The van der Waals surface area contributed by atoms with Gasteiger partial charge < -0.3 is 14.2 Å². The van der Waals surface area contributed by atoms with Crippen LogP contribution >= 0.6 is 0 Å². The molecule has 4 heterocycles. The third-order valence-electron chi connectivity index (χ3n) is 5.37. The average molecular weight is 393 g/mol. The number of imidazole rings is 1. The minimum atomic E-state index is 0.0278. The third kappa shape index (κ3) is 4.09. The Balaban J connectivity index is 1.48. The number of ether oxygens (including phenoxy) is 1. The zero-order valence-corrected chi connectivity index (χ0v) is 17.2. The van der Waals surface area contributed by atoms with Crippen molar-refractivity contribution in [1.29, 1.82) is 0 Å². The highest BCUT2D eigenvalue weighted by molar-refractivity contribution is 5.94. The molecule has 1 amide bonds. The first-order valence-corrected chi connectivity index (χ1v) is 10.1. The van der Waals surface area contributed by atoms with E-state index in [1.165, 1.54) is 0 Å².